The Kier molecular flexibility index (Phi) is 3.84. The number of amides is 1. The van der Waals surface area contributed by atoms with Crippen molar-refractivity contribution < 1.29 is 14.7 Å². The first-order valence-corrected chi connectivity index (χ1v) is 7.10. The van der Waals surface area contributed by atoms with E-state index in [1.165, 1.54) is 6.92 Å². The van der Waals surface area contributed by atoms with E-state index in [9.17, 15) is 9.59 Å². The van der Waals surface area contributed by atoms with Crippen LogP contribution in [0.15, 0.2) is 24.3 Å². The smallest absolute Gasteiger partial charge is 0.315 e. The van der Waals surface area contributed by atoms with Gasteiger partial charge in [0, 0.05) is 17.6 Å². The summed E-state index contributed by atoms with van der Waals surface area (Å²) in [6.07, 6.45) is 1.87. The third-order valence-electron chi connectivity index (χ3n) is 4.59. The minimum Gasteiger partial charge on any atom is -0.481 e. The van der Waals surface area contributed by atoms with Crippen LogP contribution >= 0.6 is 0 Å². The van der Waals surface area contributed by atoms with Crippen LogP contribution < -0.4 is 4.90 Å². The molecule has 1 aromatic carbocycles. The maximum Gasteiger partial charge on any atom is 0.315 e. The molecule has 0 fully saturated rings. The van der Waals surface area contributed by atoms with E-state index in [1.807, 2.05) is 18.2 Å². The Morgan fingerprint density at radius 2 is 1.90 bits per heavy atom. The van der Waals surface area contributed by atoms with Crippen molar-refractivity contribution in [3.05, 3.63) is 29.8 Å². The summed E-state index contributed by atoms with van der Waals surface area (Å²) in [5.41, 5.74) is 1.98. The lowest BCUT2D eigenvalue weighted by atomic mass is 9.78. The topological polar surface area (TPSA) is 57.6 Å². The highest BCUT2D eigenvalue weighted by atomic mass is 16.4. The molecule has 1 heterocycles. The highest BCUT2D eigenvalue weighted by Gasteiger charge is 2.43. The van der Waals surface area contributed by atoms with Crippen molar-refractivity contribution in [2.75, 3.05) is 11.4 Å². The third kappa shape index (κ3) is 2.09. The molecule has 2 rings (SSSR count). The second kappa shape index (κ2) is 5.27. The molecule has 0 radical (unpaired) electrons. The van der Waals surface area contributed by atoms with Gasteiger partial charge >= 0.3 is 5.97 Å². The van der Waals surface area contributed by atoms with Crippen molar-refractivity contribution in [3.63, 3.8) is 0 Å². The van der Waals surface area contributed by atoms with Gasteiger partial charge in [-0.15, -0.1) is 0 Å². The lowest BCUT2D eigenvalue weighted by molar-refractivity contribution is -0.145. The molecule has 1 aromatic rings. The van der Waals surface area contributed by atoms with E-state index < -0.39 is 11.9 Å². The minimum absolute atomic E-state index is 0.0511. The van der Waals surface area contributed by atoms with Crippen LogP contribution in [0.5, 0.6) is 0 Å². The molecule has 4 heteroatoms. The molecule has 0 saturated carbocycles. The van der Waals surface area contributed by atoms with Crippen LogP contribution in [0, 0.1) is 5.92 Å². The number of carboxylic acids is 1. The average molecular weight is 275 g/mol. The van der Waals surface area contributed by atoms with Crippen LogP contribution in [0.3, 0.4) is 0 Å². The van der Waals surface area contributed by atoms with Crippen LogP contribution in [0.4, 0.5) is 5.69 Å². The lowest BCUT2D eigenvalue weighted by Gasteiger charge is -2.28. The van der Waals surface area contributed by atoms with Crippen LogP contribution in [0.2, 0.25) is 0 Å². The number of nitrogens with zero attached hydrogens (tertiary/aromatic N) is 1. The predicted octanol–water partition coefficient (Wildman–Crippen LogP) is 2.81. The second-order valence-corrected chi connectivity index (χ2v) is 5.49. The van der Waals surface area contributed by atoms with Crippen LogP contribution in [0.25, 0.3) is 0 Å². The maximum atomic E-state index is 12.4. The maximum absolute atomic E-state index is 12.4. The van der Waals surface area contributed by atoms with Crippen molar-refractivity contribution in [2.45, 2.75) is 39.0 Å². The van der Waals surface area contributed by atoms with Gasteiger partial charge in [0.15, 0.2) is 0 Å². The zero-order valence-electron chi connectivity index (χ0n) is 12.2. The molecule has 0 aliphatic carbocycles. The molecule has 1 aliphatic rings. The second-order valence-electron chi connectivity index (χ2n) is 5.49. The summed E-state index contributed by atoms with van der Waals surface area (Å²) in [6, 6.07) is 7.84. The molecule has 20 heavy (non-hydrogen) atoms. The van der Waals surface area contributed by atoms with Gasteiger partial charge in [0.2, 0.25) is 5.91 Å². The Bertz CT molecular complexity index is 534. The zero-order chi connectivity index (χ0) is 14.9. The number of rotatable bonds is 4. The van der Waals surface area contributed by atoms with Crippen LogP contribution in [-0.2, 0) is 15.0 Å². The standard InChI is InChI=1S/C16H21NO3/c1-4-16(5-2)10-17(14(18)11(3)15(19)20)13-9-7-6-8-12(13)16/h6-9,11H,4-5,10H2,1-3H3,(H,19,20). The highest BCUT2D eigenvalue weighted by molar-refractivity contribution is 6.06. The summed E-state index contributed by atoms with van der Waals surface area (Å²) in [5.74, 6) is -2.40. The van der Waals surface area contributed by atoms with Gasteiger partial charge < -0.3 is 10.0 Å². The molecule has 1 N–H and O–H groups in total. The normalized spacial score (nSPS) is 17.6. The Labute approximate surface area is 119 Å². The molecule has 1 unspecified atom stereocenters. The number of aliphatic carboxylic acids is 1. The van der Waals surface area contributed by atoms with Gasteiger partial charge in [-0.3, -0.25) is 9.59 Å². The lowest BCUT2D eigenvalue weighted by Crippen LogP contribution is -2.41. The van der Waals surface area contributed by atoms with Crippen molar-refractivity contribution in [1.82, 2.24) is 0 Å². The molecule has 108 valence electrons. The Morgan fingerprint density at radius 3 is 2.45 bits per heavy atom. The molecule has 1 amide bonds. The van der Waals surface area contributed by atoms with Gasteiger partial charge in [-0.2, -0.15) is 0 Å². The molecular formula is C16H21NO3. The fraction of sp³-hybridized carbons (Fsp3) is 0.500. The molecule has 0 bridgehead atoms. The minimum atomic E-state index is -1.07. The number of carbonyl (C=O) groups excluding carboxylic acids is 1. The zero-order valence-corrected chi connectivity index (χ0v) is 12.2. The van der Waals surface area contributed by atoms with E-state index >= 15 is 0 Å². The summed E-state index contributed by atoms with van der Waals surface area (Å²) in [6.45, 7) is 6.27. The number of carbonyl (C=O) groups is 2. The number of para-hydroxylation sites is 1. The van der Waals surface area contributed by atoms with Crippen molar-refractivity contribution >= 4 is 17.6 Å². The first-order chi connectivity index (χ1) is 9.46. The van der Waals surface area contributed by atoms with E-state index in [4.69, 9.17) is 5.11 Å². The fourth-order valence-electron chi connectivity index (χ4n) is 3.02. The number of carboxylic acid groups (broad SMARTS) is 1. The third-order valence-corrected chi connectivity index (χ3v) is 4.59. The summed E-state index contributed by atoms with van der Waals surface area (Å²) in [5, 5.41) is 9.06. The highest BCUT2D eigenvalue weighted by Crippen LogP contribution is 2.45. The Morgan fingerprint density at radius 1 is 1.30 bits per heavy atom. The first-order valence-electron chi connectivity index (χ1n) is 7.10. The van der Waals surface area contributed by atoms with Gasteiger partial charge in [0.1, 0.15) is 5.92 Å². The van der Waals surface area contributed by atoms with E-state index in [0.717, 1.165) is 24.1 Å². The molecular weight excluding hydrogens is 254 g/mol. The largest absolute Gasteiger partial charge is 0.481 e. The summed E-state index contributed by atoms with van der Waals surface area (Å²) in [4.78, 5) is 25.1. The van der Waals surface area contributed by atoms with E-state index in [2.05, 4.69) is 19.9 Å². The van der Waals surface area contributed by atoms with Crippen molar-refractivity contribution in [3.8, 4) is 0 Å². The number of anilines is 1. The molecule has 0 aromatic heterocycles. The number of fused-ring (bicyclic) bond motifs is 1. The molecule has 1 aliphatic heterocycles. The van der Waals surface area contributed by atoms with Gasteiger partial charge in [0.05, 0.1) is 0 Å². The quantitative estimate of drug-likeness (QED) is 0.860. The van der Waals surface area contributed by atoms with Gasteiger partial charge in [-0.25, -0.2) is 0 Å². The van der Waals surface area contributed by atoms with E-state index in [-0.39, 0.29) is 11.3 Å². The SMILES string of the molecule is CCC1(CC)CN(C(=O)C(C)C(=O)O)c2ccccc21. The molecule has 1 atom stereocenters. The Balaban J connectivity index is 2.44. The summed E-state index contributed by atoms with van der Waals surface area (Å²) in [7, 11) is 0. The van der Waals surface area contributed by atoms with Crippen molar-refractivity contribution in [2.24, 2.45) is 5.92 Å². The molecule has 0 saturated heterocycles. The number of hydrogen-bond acceptors (Lipinski definition) is 2. The first kappa shape index (κ1) is 14.6. The van der Waals surface area contributed by atoms with Gasteiger partial charge in [-0.1, -0.05) is 32.0 Å². The summed E-state index contributed by atoms with van der Waals surface area (Å²) < 4.78 is 0. The monoisotopic (exact) mass is 275 g/mol. The van der Waals surface area contributed by atoms with Crippen LogP contribution in [0.1, 0.15) is 39.2 Å². The molecule has 0 spiro atoms. The van der Waals surface area contributed by atoms with E-state index in [0.29, 0.717) is 6.54 Å². The average Bonchev–Trinajstić information content (AvgIpc) is 2.81. The number of benzene rings is 1. The van der Waals surface area contributed by atoms with Gasteiger partial charge in [0.25, 0.3) is 0 Å². The fourth-order valence-corrected chi connectivity index (χ4v) is 3.02. The number of hydrogen-bond donors (Lipinski definition) is 1. The predicted molar refractivity (Wildman–Crippen MR) is 77.9 cm³/mol. The molecule has 4 nitrogen and oxygen atoms in total. The van der Waals surface area contributed by atoms with Gasteiger partial charge in [-0.05, 0) is 31.4 Å². The summed E-state index contributed by atoms with van der Waals surface area (Å²) >= 11 is 0. The van der Waals surface area contributed by atoms with Crippen LogP contribution in [-0.4, -0.2) is 23.5 Å². The van der Waals surface area contributed by atoms with Crippen molar-refractivity contribution in [1.29, 1.82) is 0 Å². The Hall–Kier alpha value is -1.84. The van der Waals surface area contributed by atoms with E-state index in [1.54, 1.807) is 4.90 Å².